The average Bonchev–Trinajstić information content (AvgIpc) is 2.61. The maximum atomic E-state index is 9.71. The van der Waals surface area contributed by atoms with E-state index in [9.17, 15) is 5.11 Å². The Morgan fingerprint density at radius 3 is 2.67 bits per heavy atom. The van der Waals surface area contributed by atoms with Crippen molar-refractivity contribution in [3.05, 3.63) is 0 Å². The van der Waals surface area contributed by atoms with Crippen molar-refractivity contribution in [2.45, 2.75) is 52.1 Å². The molecule has 0 aromatic carbocycles. The molecule has 1 aliphatic carbocycles. The van der Waals surface area contributed by atoms with Gasteiger partial charge in [0.15, 0.2) is 0 Å². The van der Waals surface area contributed by atoms with Gasteiger partial charge in [-0.1, -0.05) is 26.7 Å². The lowest BCUT2D eigenvalue weighted by Gasteiger charge is -2.23. The number of aliphatic hydroxyl groups excluding tert-OH is 1. The second-order valence-electron chi connectivity index (χ2n) is 5.32. The first kappa shape index (κ1) is 13.0. The maximum Gasteiger partial charge on any atom is 0.0568 e. The Bertz CT molecular complexity index is 172. The van der Waals surface area contributed by atoms with Crippen molar-refractivity contribution in [2.24, 2.45) is 11.8 Å². The topological polar surface area (TPSA) is 23.5 Å². The van der Waals surface area contributed by atoms with E-state index >= 15 is 0 Å². The van der Waals surface area contributed by atoms with Crippen LogP contribution in [0.3, 0.4) is 0 Å². The van der Waals surface area contributed by atoms with Crippen LogP contribution in [0.4, 0.5) is 0 Å². The molecule has 2 heteroatoms. The summed E-state index contributed by atoms with van der Waals surface area (Å²) >= 11 is 0. The van der Waals surface area contributed by atoms with E-state index in [1.807, 2.05) is 0 Å². The summed E-state index contributed by atoms with van der Waals surface area (Å²) in [7, 11) is 2.20. The summed E-state index contributed by atoms with van der Waals surface area (Å²) in [6, 6.07) is 0. The molecule has 0 saturated heterocycles. The first-order valence-electron chi connectivity index (χ1n) is 6.50. The van der Waals surface area contributed by atoms with E-state index < -0.39 is 0 Å². The van der Waals surface area contributed by atoms with Gasteiger partial charge in [-0.05, 0) is 44.7 Å². The van der Waals surface area contributed by atoms with Crippen LogP contribution in [0.15, 0.2) is 0 Å². The molecule has 1 fully saturated rings. The molecule has 1 N–H and O–H groups in total. The number of rotatable bonds is 6. The molecule has 0 heterocycles. The molecule has 3 atom stereocenters. The molecule has 0 aliphatic heterocycles. The normalized spacial score (nSPS) is 28.6. The van der Waals surface area contributed by atoms with Crippen LogP contribution in [0.25, 0.3) is 0 Å². The zero-order valence-corrected chi connectivity index (χ0v) is 10.6. The summed E-state index contributed by atoms with van der Waals surface area (Å²) in [4.78, 5) is 2.42. The molecule has 0 bridgehead atoms. The van der Waals surface area contributed by atoms with E-state index in [0.717, 1.165) is 18.9 Å². The third-order valence-corrected chi connectivity index (χ3v) is 3.82. The van der Waals surface area contributed by atoms with Crippen molar-refractivity contribution in [1.82, 2.24) is 4.90 Å². The van der Waals surface area contributed by atoms with Crippen molar-refractivity contribution in [3.8, 4) is 0 Å². The fourth-order valence-corrected chi connectivity index (χ4v) is 2.49. The van der Waals surface area contributed by atoms with Crippen molar-refractivity contribution in [1.29, 1.82) is 0 Å². The summed E-state index contributed by atoms with van der Waals surface area (Å²) in [5.74, 6) is 1.37. The monoisotopic (exact) mass is 213 g/mol. The quantitative estimate of drug-likeness (QED) is 0.733. The fraction of sp³-hybridized carbons (Fsp3) is 1.00. The smallest absolute Gasteiger partial charge is 0.0568 e. The molecule has 3 unspecified atom stereocenters. The van der Waals surface area contributed by atoms with Gasteiger partial charge < -0.3 is 10.0 Å². The minimum atomic E-state index is -0.0120. The highest BCUT2D eigenvalue weighted by atomic mass is 16.3. The van der Waals surface area contributed by atoms with Crippen LogP contribution in [-0.2, 0) is 0 Å². The lowest BCUT2D eigenvalue weighted by molar-refractivity contribution is 0.119. The van der Waals surface area contributed by atoms with Crippen molar-refractivity contribution in [3.63, 3.8) is 0 Å². The highest BCUT2D eigenvalue weighted by molar-refractivity contribution is 4.77. The Hall–Kier alpha value is -0.0800. The largest absolute Gasteiger partial charge is 0.393 e. The highest BCUT2D eigenvalue weighted by Crippen LogP contribution is 2.28. The van der Waals surface area contributed by atoms with Crippen LogP contribution in [0.2, 0.25) is 0 Å². The van der Waals surface area contributed by atoms with Crippen LogP contribution in [0.1, 0.15) is 46.0 Å². The number of hydrogen-bond donors (Lipinski definition) is 1. The van der Waals surface area contributed by atoms with Gasteiger partial charge in [0.1, 0.15) is 0 Å². The first-order chi connectivity index (χ1) is 7.13. The minimum Gasteiger partial charge on any atom is -0.393 e. The second-order valence-corrected chi connectivity index (χ2v) is 5.32. The molecule has 0 aromatic rings. The van der Waals surface area contributed by atoms with Gasteiger partial charge in [0.05, 0.1) is 6.10 Å². The van der Waals surface area contributed by atoms with Gasteiger partial charge in [0, 0.05) is 6.54 Å². The van der Waals surface area contributed by atoms with E-state index in [1.54, 1.807) is 0 Å². The zero-order valence-electron chi connectivity index (χ0n) is 10.6. The average molecular weight is 213 g/mol. The van der Waals surface area contributed by atoms with Crippen LogP contribution >= 0.6 is 0 Å². The van der Waals surface area contributed by atoms with Crippen molar-refractivity contribution < 1.29 is 5.11 Å². The van der Waals surface area contributed by atoms with Gasteiger partial charge in [0.25, 0.3) is 0 Å². The summed E-state index contributed by atoms with van der Waals surface area (Å²) in [6.45, 7) is 6.89. The number of hydrogen-bond acceptors (Lipinski definition) is 2. The molecular formula is C13H27NO. The Kier molecular flexibility index (Phi) is 5.62. The molecule has 0 spiro atoms. The summed E-state index contributed by atoms with van der Waals surface area (Å²) in [6.07, 6.45) is 5.91. The predicted octanol–water partition coefficient (Wildman–Crippen LogP) is 2.52. The molecule has 0 aromatic heterocycles. The Morgan fingerprint density at radius 2 is 2.13 bits per heavy atom. The minimum absolute atomic E-state index is 0.0120. The lowest BCUT2D eigenvalue weighted by atomic mass is 10.0. The predicted molar refractivity (Wildman–Crippen MR) is 64.9 cm³/mol. The Labute approximate surface area is 94.7 Å². The molecule has 1 aliphatic rings. The first-order valence-corrected chi connectivity index (χ1v) is 6.50. The Morgan fingerprint density at radius 1 is 1.40 bits per heavy atom. The van der Waals surface area contributed by atoms with E-state index in [1.165, 1.54) is 32.2 Å². The van der Waals surface area contributed by atoms with Crippen LogP contribution in [-0.4, -0.2) is 36.2 Å². The van der Waals surface area contributed by atoms with Crippen molar-refractivity contribution in [2.75, 3.05) is 20.1 Å². The van der Waals surface area contributed by atoms with E-state index in [2.05, 4.69) is 25.8 Å². The van der Waals surface area contributed by atoms with Crippen LogP contribution in [0.5, 0.6) is 0 Å². The molecular weight excluding hydrogens is 186 g/mol. The molecule has 0 amide bonds. The second kappa shape index (κ2) is 6.49. The highest BCUT2D eigenvalue weighted by Gasteiger charge is 2.24. The van der Waals surface area contributed by atoms with E-state index in [-0.39, 0.29) is 6.10 Å². The van der Waals surface area contributed by atoms with Crippen LogP contribution in [0, 0.1) is 11.8 Å². The molecule has 15 heavy (non-hydrogen) atoms. The van der Waals surface area contributed by atoms with Crippen LogP contribution < -0.4 is 0 Å². The van der Waals surface area contributed by atoms with E-state index in [0.29, 0.717) is 5.92 Å². The van der Waals surface area contributed by atoms with Gasteiger partial charge in [-0.3, -0.25) is 0 Å². The lowest BCUT2D eigenvalue weighted by Crippen LogP contribution is -2.28. The Balaban J connectivity index is 2.13. The third kappa shape index (κ3) is 4.52. The third-order valence-electron chi connectivity index (χ3n) is 3.82. The van der Waals surface area contributed by atoms with Gasteiger partial charge >= 0.3 is 0 Å². The maximum absolute atomic E-state index is 9.71. The molecule has 2 nitrogen and oxygen atoms in total. The molecule has 1 saturated carbocycles. The van der Waals surface area contributed by atoms with Gasteiger partial charge in [0.2, 0.25) is 0 Å². The number of nitrogens with zero attached hydrogens (tertiary/aromatic N) is 1. The van der Waals surface area contributed by atoms with E-state index in [4.69, 9.17) is 0 Å². The SMILES string of the molecule is CCC(C)CN(C)CCC1CCCC1O. The summed E-state index contributed by atoms with van der Waals surface area (Å²) in [5.41, 5.74) is 0. The van der Waals surface area contributed by atoms with Crippen molar-refractivity contribution >= 4 is 0 Å². The summed E-state index contributed by atoms with van der Waals surface area (Å²) in [5, 5.41) is 9.71. The van der Waals surface area contributed by atoms with Gasteiger partial charge in [-0.25, -0.2) is 0 Å². The van der Waals surface area contributed by atoms with Gasteiger partial charge in [-0.2, -0.15) is 0 Å². The standard InChI is InChI=1S/C13H27NO/c1-4-11(2)10-14(3)9-8-12-6-5-7-13(12)15/h11-13,15H,4-10H2,1-3H3. The molecule has 90 valence electrons. The fourth-order valence-electron chi connectivity index (χ4n) is 2.49. The summed E-state index contributed by atoms with van der Waals surface area (Å²) < 4.78 is 0. The van der Waals surface area contributed by atoms with Gasteiger partial charge in [-0.15, -0.1) is 0 Å². The molecule has 1 rings (SSSR count). The zero-order chi connectivity index (χ0) is 11.3. The molecule has 0 radical (unpaired) electrons. The number of aliphatic hydroxyl groups is 1.